The number of H-pyrrole nitrogens is 1. The van der Waals surface area contributed by atoms with Crippen LogP contribution < -0.4 is 5.73 Å². The third-order valence-electron chi connectivity index (χ3n) is 3.60. The molecule has 1 heterocycles. The van der Waals surface area contributed by atoms with Crippen LogP contribution >= 0.6 is 0 Å². The molecular weight excluding hydrogens is 254 g/mol. The van der Waals surface area contributed by atoms with Crippen LogP contribution in [0, 0.1) is 5.92 Å². The average molecular weight is 281 g/mol. The van der Waals surface area contributed by atoms with Crippen LogP contribution in [-0.2, 0) is 11.2 Å². The van der Waals surface area contributed by atoms with Crippen molar-refractivity contribution < 1.29 is 9.53 Å². The Bertz CT molecular complexity index is 352. The number of ether oxygens (including phenoxy) is 1. The topological polar surface area (TPSA) is 81.0 Å². The maximum atomic E-state index is 10.6. The number of imidazole rings is 1. The summed E-state index contributed by atoms with van der Waals surface area (Å²) in [6.45, 7) is 2.65. The van der Waals surface area contributed by atoms with E-state index in [4.69, 9.17) is 10.5 Å². The number of unbranched alkanes of at least 4 members (excludes halogenated alkanes) is 2. The highest BCUT2D eigenvalue weighted by atomic mass is 16.5. The summed E-state index contributed by atoms with van der Waals surface area (Å²) in [5, 5.41) is 0. The molecule has 0 aliphatic rings. The zero-order valence-electron chi connectivity index (χ0n) is 12.4. The second-order valence-electron chi connectivity index (χ2n) is 5.29. The molecule has 1 atom stereocenters. The van der Waals surface area contributed by atoms with Gasteiger partial charge in [0.2, 0.25) is 0 Å². The van der Waals surface area contributed by atoms with Gasteiger partial charge in [-0.2, -0.15) is 0 Å². The highest BCUT2D eigenvalue weighted by molar-refractivity contribution is 5.64. The minimum atomic E-state index is -0.672. The van der Waals surface area contributed by atoms with Crippen molar-refractivity contribution >= 4 is 6.09 Å². The Labute approximate surface area is 121 Å². The number of rotatable bonds is 11. The summed E-state index contributed by atoms with van der Waals surface area (Å²) in [7, 11) is 0. The number of aryl methyl sites for hydroxylation is 1. The molecule has 20 heavy (non-hydrogen) atoms. The van der Waals surface area contributed by atoms with Gasteiger partial charge in [-0.15, -0.1) is 0 Å². The molecule has 0 spiro atoms. The van der Waals surface area contributed by atoms with Crippen molar-refractivity contribution in [3.63, 3.8) is 0 Å². The van der Waals surface area contributed by atoms with Gasteiger partial charge in [0, 0.05) is 11.9 Å². The van der Waals surface area contributed by atoms with Crippen LogP contribution in [0.25, 0.3) is 0 Å². The first kappa shape index (κ1) is 16.5. The molecule has 5 heteroatoms. The Kier molecular flexibility index (Phi) is 8.51. The van der Waals surface area contributed by atoms with Crippen molar-refractivity contribution in [3.8, 4) is 0 Å². The number of carbonyl (C=O) groups is 1. The van der Waals surface area contributed by atoms with Crippen LogP contribution in [0.15, 0.2) is 12.5 Å². The van der Waals surface area contributed by atoms with E-state index in [2.05, 4.69) is 16.9 Å². The van der Waals surface area contributed by atoms with E-state index in [9.17, 15) is 4.79 Å². The first-order chi connectivity index (χ1) is 9.72. The summed E-state index contributed by atoms with van der Waals surface area (Å²) in [4.78, 5) is 17.7. The summed E-state index contributed by atoms with van der Waals surface area (Å²) in [5.74, 6) is 0.615. The van der Waals surface area contributed by atoms with Crippen molar-refractivity contribution in [2.24, 2.45) is 11.7 Å². The molecular formula is C15H27N3O2. The van der Waals surface area contributed by atoms with E-state index in [1.54, 1.807) is 6.33 Å². The smallest absolute Gasteiger partial charge is 0.404 e. The summed E-state index contributed by atoms with van der Waals surface area (Å²) in [5.41, 5.74) is 6.18. The maximum absolute atomic E-state index is 10.6. The van der Waals surface area contributed by atoms with Crippen molar-refractivity contribution in [1.82, 2.24) is 9.97 Å². The van der Waals surface area contributed by atoms with Gasteiger partial charge < -0.3 is 15.5 Å². The molecule has 0 bridgehead atoms. The molecule has 1 amide bonds. The lowest BCUT2D eigenvalue weighted by Crippen LogP contribution is -2.16. The number of amides is 1. The largest absolute Gasteiger partial charge is 0.450 e. The van der Waals surface area contributed by atoms with Gasteiger partial charge in [-0.05, 0) is 31.6 Å². The Morgan fingerprint density at radius 1 is 1.35 bits per heavy atom. The molecule has 1 unspecified atom stereocenters. The third-order valence-corrected chi connectivity index (χ3v) is 3.60. The van der Waals surface area contributed by atoms with Gasteiger partial charge in [-0.1, -0.05) is 32.6 Å². The van der Waals surface area contributed by atoms with Crippen LogP contribution in [0.1, 0.15) is 57.6 Å². The maximum Gasteiger partial charge on any atom is 0.404 e. The van der Waals surface area contributed by atoms with E-state index in [1.807, 2.05) is 6.20 Å². The number of nitrogens with two attached hydrogens (primary N) is 1. The van der Waals surface area contributed by atoms with E-state index in [0.29, 0.717) is 12.5 Å². The summed E-state index contributed by atoms with van der Waals surface area (Å²) in [6, 6.07) is 0. The number of nitrogens with one attached hydrogen (secondary N) is 1. The van der Waals surface area contributed by atoms with Gasteiger partial charge in [-0.3, -0.25) is 0 Å². The Hall–Kier alpha value is -1.52. The lowest BCUT2D eigenvalue weighted by molar-refractivity contribution is 0.146. The SMILES string of the molecule is CCCCCC(CCCc1cnc[nH]1)CCOC(N)=O. The van der Waals surface area contributed by atoms with Gasteiger partial charge in [0.05, 0.1) is 12.9 Å². The molecule has 0 saturated heterocycles. The quantitative estimate of drug-likeness (QED) is 0.610. The van der Waals surface area contributed by atoms with Crippen LogP contribution in [0.3, 0.4) is 0 Å². The predicted molar refractivity (Wildman–Crippen MR) is 79.3 cm³/mol. The van der Waals surface area contributed by atoms with Crippen LogP contribution in [0.4, 0.5) is 4.79 Å². The third kappa shape index (κ3) is 7.81. The number of hydrogen-bond acceptors (Lipinski definition) is 3. The monoisotopic (exact) mass is 281 g/mol. The molecule has 0 aliphatic carbocycles. The molecule has 0 fully saturated rings. The summed E-state index contributed by atoms with van der Waals surface area (Å²) >= 11 is 0. The standard InChI is InChI=1S/C15H27N3O2/c1-2-3-4-6-13(9-10-20-15(16)19)7-5-8-14-11-17-12-18-14/h11-13H,2-10H2,1H3,(H2,16,19)(H,17,18). The van der Waals surface area contributed by atoms with Crippen molar-refractivity contribution in [2.45, 2.75) is 58.3 Å². The molecule has 0 aromatic carbocycles. The highest BCUT2D eigenvalue weighted by Crippen LogP contribution is 2.20. The molecule has 0 saturated carbocycles. The van der Waals surface area contributed by atoms with Crippen LogP contribution in [0.2, 0.25) is 0 Å². The first-order valence-corrected chi connectivity index (χ1v) is 7.61. The van der Waals surface area contributed by atoms with E-state index in [1.165, 1.54) is 31.4 Å². The van der Waals surface area contributed by atoms with Crippen molar-refractivity contribution in [3.05, 3.63) is 18.2 Å². The lowest BCUT2D eigenvalue weighted by atomic mass is 9.92. The zero-order chi connectivity index (χ0) is 14.6. The van der Waals surface area contributed by atoms with Gasteiger partial charge in [0.1, 0.15) is 0 Å². The van der Waals surface area contributed by atoms with Crippen molar-refractivity contribution in [1.29, 1.82) is 0 Å². The fraction of sp³-hybridized carbons (Fsp3) is 0.733. The summed E-state index contributed by atoms with van der Waals surface area (Å²) < 4.78 is 4.85. The number of aromatic nitrogens is 2. The molecule has 0 aliphatic heterocycles. The molecule has 114 valence electrons. The summed E-state index contributed by atoms with van der Waals surface area (Å²) in [6.07, 6.45) is 12.1. The van der Waals surface area contributed by atoms with E-state index < -0.39 is 6.09 Å². The minimum Gasteiger partial charge on any atom is -0.450 e. The number of primary amides is 1. The van der Waals surface area contributed by atoms with Crippen molar-refractivity contribution in [2.75, 3.05) is 6.61 Å². The van der Waals surface area contributed by atoms with Crippen LogP contribution in [-0.4, -0.2) is 22.7 Å². The molecule has 1 aromatic heterocycles. The van der Waals surface area contributed by atoms with Gasteiger partial charge in [-0.25, -0.2) is 9.78 Å². The number of carbonyl (C=O) groups excluding carboxylic acids is 1. The highest BCUT2D eigenvalue weighted by Gasteiger charge is 2.10. The Balaban J connectivity index is 2.22. The molecule has 3 N–H and O–H groups in total. The fourth-order valence-electron chi connectivity index (χ4n) is 2.44. The fourth-order valence-corrected chi connectivity index (χ4v) is 2.44. The van der Waals surface area contributed by atoms with Gasteiger partial charge >= 0.3 is 6.09 Å². The minimum absolute atomic E-state index is 0.441. The van der Waals surface area contributed by atoms with Gasteiger partial charge in [0.15, 0.2) is 0 Å². The predicted octanol–water partition coefficient (Wildman–Crippen LogP) is 3.41. The van der Waals surface area contributed by atoms with Crippen LogP contribution in [0.5, 0.6) is 0 Å². The van der Waals surface area contributed by atoms with E-state index in [0.717, 1.165) is 25.7 Å². The van der Waals surface area contributed by atoms with E-state index in [-0.39, 0.29) is 0 Å². The number of hydrogen-bond donors (Lipinski definition) is 2. The number of nitrogens with zero attached hydrogens (tertiary/aromatic N) is 1. The molecule has 5 nitrogen and oxygen atoms in total. The normalized spacial score (nSPS) is 12.2. The second kappa shape index (κ2) is 10.3. The average Bonchev–Trinajstić information content (AvgIpc) is 2.91. The molecule has 1 rings (SSSR count). The first-order valence-electron chi connectivity index (χ1n) is 7.61. The zero-order valence-corrected chi connectivity index (χ0v) is 12.4. The van der Waals surface area contributed by atoms with Gasteiger partial charge in [0.25, 0.3) is 0 Å². The van der Waals surface area contributed by atoms with E-state index >= 15 is 0 Å². The molecule has 1 aromatic rings. The molecule has 0 radical (unpaired) electrons. The lowest BCUT2D eigenvalue weighted by Gasteiger charge is -2.16. The Morgan fingerprint density at radius 3 is 2.80 bits per heavy atom. The Morgan fingerprint density at radius 2 is 2.15 bits per heavy atom. The number of aromatic amines is 1. The second-order valence-corrected chi connectivity index (χ2v) is 5.29.